The molecule has 0 saturated heterocycles. The van der Waals surface area contributed by atoms with Crippen molar-refractivity contribution in [2.75, 3.05) is 0 Å². The van der Waals surface area contributed by atoms with E-state index in [9.17, 15) is 4.79 Å². The fourth-order valence-corrected chi connectivity index (χ4v) is 1.23. The van der Waals surface area contributed by atoms with E-state index in [2.05, 4.69) is 9.98 Å². The monoisotopic (exact) mass is 361 g/mol. The number of amidine groups is 1. The molecule has 1 heterocycles. The maximum absolute atomic E-state index is 10.5. The van der Waals surface area contributed by atoms with Gasteiger partial charge >= 0.3 is 5.97 Å². The van der Waals surface area contributed by atoms with E-state index in [-0.39, 0.29) is 25.9 Å². The largest absolute Gasteiger partial charge is 0.475 e. The predicted molar refractivity (Wildman–Crippen MR) is 46.9 cm³/mol. The van der Waals surface area contributed by atoms with Crippen LogP contribution >= 0.6 is 0 Å². The first kappa shape index (κ1) is 12.5. The molecule has 5 heteroatoms. The van der Waals surface area contributed by atoms with Crippen LogP contribution in [0.25, 0.3) is 0 Å². The summed E-state index contributed by atoms with van der Waals surface area (Å²) in [5, 5.41) is 8.62. The molecule has 1 radical (unpaired) electrons. The number of carboxylic acids is 1. The van der Waals surface area contributed by atoms with Gasteiger partial charge in [-0.05, 0) is 20.3 Å². The fourth-order valence-electron chi connectivity index (χ4n) is 1.23. The van der Waals surface area contributed by atoms with Gasteiger partial charge < -0.3 is 5.11 Å². The van der Waals surface area contributed by atoms with E-state index in [0.29, 0.717) is 0 Å². The molecule has 13 heavy (non-hydrogen) atoms. The molecular formula is C8H12IrN2O2. The zero-order valence-electron chi connectivity index (χ0n) is 7.79. The topological polar surface area (TPSA) is 62.0 Å². The molecule has 0 spiro atoms. The van der Waals surface area contributed by atoms with E-state index >= 15 is 0 Å². The van der Waals surface area contributed by atoms with Gasteiger partial charge in [0.2, 0.25) is 5.84 Å². The van der Waals surface area contributed by atoms with Crippen molar-refractivity contribution in [1.29, 1.82) is 0 Å². The minimum Gasteiger partial charge on any atom is -0.475 e. The predicted octanol–water partition coefficient (Wildman–Crippen LogP) is 1.11. The van der Waals surface area contributed by atoms with E-state index < -0.39 is 11.5 Å². The minimum absolute atomic E-state index is 0. The van der Waals surface area contributed by atoms with Crippen molar-refractivity contribution >= 4 is 17.5 Å². The Balaban J connectivity index is 0.00000144. The first-order valence-corrected chi connectivity index (χ1v) is 3.88. The molecule has 4 nitrogen and oxygen atoms in total. The molecule has 0 aromatic carbocycles. The summed E-state index contributed by atoms with van der Waals surface area (Å²) in [5.74, 6) is -1.12. The molecule has 1 aliphatic rings. The average Bonchev–Trinajstić information content (AvgIpc) is 2.25. The van der Waals surface area contributed by atoms with Crippen molar-refractivity contribution in [2.45, 2.75) is 32.7 Å². The van der Waals surface area contributed by atoms with Crippen LogP contribution in [0, 0.1) is 0 Å². The van der Waals surface area contributed by atoms with Crippen LogP contribution in [0.2, 0.25) is 0 Å². The Kier molecular flexibility index (Phi) is 3.94. The van der Waals surface area contributed by atoms with Crippen LogP contribution in [0.3, 0.4) is 0 Å². The quantitative estimate of drug-likeness (QED) is 0.802. The molecular weight excluding hydrogens is 348 g/mol. The third-order valence-corrected chi connectivity index (χ3v) is 1.86. The van der Waals surface area contributed by atoms with Gasteiger partial charge in [0, 0.05) is 25.8 Å². The fraction of sp³-hybridized carbons (Fsp3) is 0.625. The molecule has 0 atom stereocenters. The third-order valence-electron chi connectivity index (χ3n) is 1.86. The first-order valence-electron chi connectivity index (χ1n) is 3.88. The molecule has 1 N–H and O–H groups in total. The molecule has 0 saturated carbocycles. The maximum Gasteiger partial charge on any atom is 0.373 e. The number of rotatable bonds is 2. The molecule has 0 fully saturated rings. The van der Waals surface area contributed by atoms with Gasteiger partial charge in [-0.25, -0.2) is 14.8 Å². The van der Waals surface area contributed by atoms with E-state index in [4.69, 9.17) is 5.11 Å². The standard InChI is InChI=1S/C8H12N2O2.Ir/c1-4-5-8(2,3)10-6(9-5)7(11)12;/h4H2,1-3H3,(H,11,12);. The Morgan fingerprint density at radius 1 is 1.54 bits per heavy atom. The summed E-state index contributed by atoms with van der Waals surface area (Å²) in [6.07, 6.45) is 0.743. The number of hydrogen-bond donors (Lipinski definition) is 1. The summed E-state index contributed by atoms with van der Waals surface area (Å²) in [4.78, 5) is 18.4. The zero-order valence-corrected chi connectivity index (χ0v) is 10.2. The zero-order chi connectivity index (χ0) is 9.35. The molecule has 0 aromatic rings. The van der Waals surface area contributed by atoms with Crippen molar-refractivity contribution in [3.8, 4) is 0 Å². The Hall–Kier alpha value is -0.541. The number of aliphatic imine (C=N–C) groups is 2. The van der Waals surface area contributed by atoms with E-state index in [1.165, 1.54) is 0 Å². The Morgan fingerprint density at radius 2 is 2.08 bits per heavy atom. The summed E-state index contributed by atoms with van der Waals surface area (Å²) in [6, 6.07) is 0. The summed E-state index contributed by atoms with van der Waals surface area (Å²) < 4.78 is 0. The van der Waals surface area contributed by atoms with Crippen LogP contribution in [-0.2, 0) is 24.9 Å². The van der Waals surface area contributed by atoms with E-state index in [1.54, 1.807) is 0 Å². The van der Waals surface area contributed by atoms with Crippen molar-refractivity contribution in [1.82, 2.24) is 0 Å². The second kappa shape index (κ2) is 4.11. The molecule has 0 aromatic heterocycles. The molecule has 75 valence electrons. The van der Waals surface area contributed by atoms with Gasteiger partial charge in [-0.1, -0.05) is 6.92 Å². The van der Waals surface area contributed by atoms with Crippen molar-refractivity contribution in [3.05, 3.63) is 0 Å². The third kappa shape index (κ3) is 2.45. The van der Waals surface area contributed by atoms with Crippen LogP contribution in [0.5, 0.6) is 0 Å². The molecule has 0 aliphatic carbocycles. The number of aliphatic carboxylic acids is 1. The van der Waals surface area contributed by atoms with Crippen molar-refractivity contribution in [2.24, 2.45) is 9.98 Å². The van der Waals surface area contributed by atoms with Crippen LogP contribution in [0.1, 0.15) is 27.2 Å². The van der Waals surface area contributed by atoms with Crippen LogP contribution in [0.15, 0.2) is 9.98 Å². The summed E-state index contributed by atoms with van der Waals surface area (Å²) in [5.41, 5.74) is 0.405. The second-order valence-corrected chi connectivity index (χ2v) is 3.21. The maximum atomic E-state index is 10.5. The molecule has 0 amide bonds. The SMILES string of the molecule is CCC1=NC(C(=O)O)=NC1(C)C.[Ir]. The van der Waals surface area contributed by atoms with Gasteiger partial charge in [0.15, 0.2) is 0 Å². The van der Waals surface area contributed by atoms with Gasteiger partial charge in [0.25, 0.3) is 0 Å². The second-order valence-electron chi connectivity index (χ2n) is 3.21. The van der Waals surface area contributed by atoms with E-state index in [1.807, 2.05) is 20.8 Å². The van der Waals surface area contributed by atoms with Crippen LogP contribution in [0.4, 0.5) is 0 Å². The first-order chi connectivity index (χ1) is 5.47. The average molecular weight is 360 g/mol. The molecule has 1 rings (SSSR count). The van der Waals surface area contributed by atoms with Gasteiger partial charge in [-0.15, -0.1) is 0 Å². The summed E-state index contributed by atoms with van der Waals surface area (Å²) >= 11 is 0. The molecule has 1 aliphatic heterocycles. The van der Waals surface area contributed by atoms with Crippen LogP contribution in [-0.4, -0.2) is 28.2 Å². The minimum atomic E-state index is -1.05. The van der Waals surface area contributed by atoms with E-state index in [0.717, 1.165) is 12.1 Å². The molecule has 0 bridgehead atoms. The van der Waals surface area contributed by atoms with Gasteiger partial charge in [-0.2, -0.15) is 0 Å². The Morgan fingerprint density at radius 3 is 2.31 bits per heavy atom. The summed E-state index contributed by atoms with van der Waals surface area (Å²) in [6.45, 7) is 5.68. The number of nitrogens with zero attached hydrogens (tertiary/aromatic N) is 2. The van der Waals surface area contributed by atoms with Gasteiger partial charge in [0.05, 0.1) is 5.54 Å². The Bertz CT molecular complexity index is 282. The van der Waals surface area contributed by atoms with Gasteiger partial charge in [-0.3, -0.25) is 0 Å². The normalized spacial score (nSPS) is 18.7. The Labute approximate surface area is 90.5 Å². The van der Waals surface area contributed by atoms with Crippen LogP contribution < -0.4 is 0 Å². The van der Waals surface area contributed by atoms with Crippen molar-refractivity contribution < 1.29 is 30.0 Å². The number of carboxylic acid groups (broad SMARTS) is 1. The summed E-state index contributed by atoms with van der Waals surface area (Å²) in [7, 11) is 0. The molecule has 0 unspecified atom stereocenters. The number of hydrogen-bond acceptors (Lipinski definition) is 3. The number of carbonyl (C=O) groups is 1. The smallest absolute Gasteiger partial charge is 0.373 e. The van der Waals surface area contributed by atoms with Crippen molar-refractivity contribution in [3.63, 3.8) is 0 Å². The van der Waals surface area contributed by atoms with Gasteiger partial charge in [0.1, 0.15) is 0 Å².